The second-order valence-corrected chi connectivity index (χ2v) is 7.93. The van der Waals surface area contributed by atoms with E-state index in [1.165, 1.54) is 17.5 Å². The first-order chi connectivity index (χ1) is 8.82. The molecule has 2 heteroatoms. The van der Waals surface area contributed by atoms with Crippen LogP contribution in [0.2, 0.25) is 0 Å². The first-order valence-corrected chi connectivity index (χ1v) is 8.34. The quantitative estimate of drug-likeness (QED) is 0.836. The molecule has 1 aromatic carbocycles. The lowest BCUT2D eigenvalue weighted by molar-refractivity contribution is 0.589. The first kappa shape index (κ1) is 16.6. The molecule has 0 radical (unpaired) electrons. The number of hydrogen-bond acceptors (Lipinski definition) is 2. The molecule has 2 atom stereocenters. The van der Waals surface area contributed by atoms with Gasteiger partial charge in [0.15, 0.2) is 0 Å². The molecule has 19 heavy (non-hydrogen) atoms. The maximum absolute atomic E-state index is 6.21. The summed E-state index contributed by atoms with van der Waals surface area (Å²) in [7, 11) is 0. The van der Waals surface area contributed by atoms with E-state index >= 15 is 0 Å². The van der Waals surface area contributed by atoms with Gasteiger partial charge < -0.3 is 5.73 Å². The Balaban J connectivity index is 2.49. The van der Waals surface area contributed by atoms with Crippen LogP contribution in [0.3, 0.4) is 0 Å². The minimum Gasteiger partial charge on any atom is -0.327 e. The Morgan fingerprint density at radius 3 is 2.21 bits per heavy atom. The van der Waals surface area contributed by atoms with E-state index < -0.39 is 0 Å². The van der Waals surface area contributed by atoms with Crippen LogP contribution in [-0.2, 0) is 11.8 Å². The molecular formula is C17H29NS. The third-order valence-corrected chi connectivity index (χ3v) is 5.01. The van der Waals surface area contributed by atoms with Gasteiger partial charge in [0.1, 0.15) is 0 Å². The number of rotatable bonds is 6. The Bertz CT molecular complexity index is 364. The molecule has 0 aliphatic carbocycles. The molecule has 1 aromatic rings. The van der Waals surface area contributed by atoms with E-state index in [0.29, 0.717) is 5.25 Å². The number of hydrogen-bond donors (Lipinski definition) is 1. The Morgan fingerprint density at radius 2 is 1.74 bits per heavy atom. The Morgan fingerprint density at radius 1 is 1.16 bits per heavy atom. The zero-order chi connectivity index (χ0) is 14.5. The lowest BCUT2D eigenvalue weighted by Gasteiger charge is -2.20. The number of thioether (sulfide) groups is 1. The molecule has 2 unspecified atom stereocenters. The highest BCUT2D eigenvalue weighted by Gasteiger charge is 2.13. The van der Waals surface area contributed by atoms with Crippen molar-refractivity contribution in [1.82, 2.24) is 0 Å². The summed E-state index contributed by atoms with van der Waals surface area (Å²) in [6.45, 7) is 11.2. The minimum absolute atomic E-state index is 0.229. The second-order valence-electron chi connectivity index (χ2n) is 6.46. The van der Waals surface area contributed by atoms with Gasteiger partial charge in [0.2, 0.25) is 0 Å². The highest BCUT2D eigenvalue weighted by molar-refractivity contribution is 7.99. The molecule has 0 aliphatic rings. The summed E-state index contributed by atoms with van der Waals surface area (Å²) in [6.07, 6.45) is 2.20. The largest absolute Gasteiger partial charge is 0.327 e. The highest BCUT2D eigenvalue weighted by Crippen LogP contribution is 2.22. The van der Waals surface area contributed by atoms with Crippen molar-refractivity contribution in [3.8, 4) is 0 Å². The molecule has 1 nitrogen and oxygen atoms in total. The monoisotopic (exact) mass is 279 g/mol. The molecule has 108 valence electrons. The molecule has 0 aliphatic heterocycles. The van der Waals surface area contributed by atoms with Gasteiger partial charge in [-0.2, -0.15) is 11.8 Å². The van der Waals surface area contributed by atoms with Gasteiger partial charge in [0, 0.05) is 17.0 Å². The molecule has 0 saturated carbocycles. The maximum Gasteiger partial charge on any atom is 0.0171 e. The van der Waals surface area contributed by atoms with Crippen molar-refractivity contribution in [2.45, 2.75) is 64.2 Å². The van der Waals surface area contributed by atoms with Crippen molar-refractivity contribution < 1.29 is 0 Å². The Hall–Kier alpha value is -0.470. The zero-order valence-electron chi connectivity index (χ0n) is 13.1. The lowest BCUT2D eigenvalue weighted by atomic mass is 9.86. The van der Waals surface area contributed by atoms with Crippen LogP contribution in [0.1, 0.15) is 52.2 Å². The van der Waals surface area contributed by atoms with Crippen LogP contribution in [0.15, 0.2) is 24.3 Å². The van der Waals surface area contributed by atoms with Crippen LogP contribution >= 0.6 is 11.8 Å². The smallest absolute Gasteiger partial charge is 0.0171 e. The van der Waals surface area contributed by atoms with E-state index in [4.69, 9.17) is 5.73 Å². The van der Waals surface area contributed by atoms with Gasteiger partial charge in [-0.25, -0.2) is 0 Å². The Labute approximate surface area is 123 Å². The molecular weight excluding hydrogens is 250 g/mol. The minimum atomic E-state index is 0.229. The van der Waals surface area contributed by atoms with Gasteiger partial charge in [0.05, 0.1) is 0 Å². The lowest BCUT2D eigenvalue weighted by Crippen LogP contribution is -2.26. The second kappa shape index (κ2) is 7.35. The molecule has 2 N–H and O–H groups in total. The van der Waals surface area contributed by atoms with Crippen LogP contribution in [0.4, 0.5) is 0 Å². The van der Waals surface area contributed by atoms with Crippen LogP contribution in [-0.4, -0.2) is 17.0 Å². The molecule has 0 aromatic heterocycles. The van der Waals surface area contributed by atoms with Crippen molar-refractivity contribution in [3.05, 3.63) is 35.4 Å². The number of nitrogens with two attached hydrogens (primary N) is 1. The molecule has 1 rings (SSSR count). The summed E-state index contributed by atoms with van der Waals surface area (Å²) in [4.78, 5) is 0. The fourth-order valence-electron chi connectivity index (χ4n) is 1.91. The van der Waals surface area contributed by atoms with E-state index in [2.05, 4.69) is 58.9 Å². The average Bonchev–Trinajstić information content (AvgIpc) is 2.35. The van der Waals surface area contributed by atoms with E-state index in [1.807, 2.05) is 11.8 Å². The number of benzene rings is 1. The predicted octanol–water partition coefficient (Wildman–Crippen LogP) is 4.39. The van der Waals surface area contributed by atoms with Crippen molar-refractivity contribution in [1.29, 1.82) is 0 Å². The van der Waals surface area contributed by atoms with Crippen molar-refractivity contribution >= 4 is 11.8 Å². The van der Waals surface area contributed by atoms with Crippen LogP contribution < -0.4 is 5.73 Å². The van der Waals surface area contributed by atoms with Gasteiger partial charge in [-0.15, -0.1) is 0 Å². The normalized spacial score (nSPS) is 15.3. The molecule has 0 bridgehead atoms. The summed E-state index contributed by atoms with van der Waals surface area (Å²) in [5.74, 6) is 1.05. The molecule has 0 fully saturated rings. The summed E-state index contributed by atoms with van der Waals surface area (Å²) >= 11 is 1.99. The van der Waals surface area contributed by atoms with Crippen molar-refractivity contribution in [2.75, 3.05) is 5.75 Å². The summed E-state index contributed by atoms with van der Waals surface area (Å²) in [5.41, 5.74) is 9.18. The van der Waals surface area contributed by atoms with E-state index in [0.717, 1.165) is 12.2 Å². The van der Waals surface area contributed by atoms with Gasteiger partial charge in [-0.3, -0.25) is 0 Å². The summed E-state index contributed by atoms with van der Waals surface area (Å²) in [6, 6.07) is 9.20. The highest BCUT2D eigenvalue weighted by atomic mass is 32.2. The van der Waals surface area contributed by atoms with Gasteiger partial charge in [-0.05, 0) is 29.4 Å². The average molecular weight is 279 g/mol. The van der Waals surface area contributed by atoms with E-state index in [9.17, 15) is 0 Å². The zero-order valence-corrected chi connectivity index (χ0v) is 13.9. The first-order valence-electron chi connectivity index (χ1n) is 7.29. The Kier molecular flexibility index (Phi) is 6.41. The molecule has 0 heterocycles. The summed E-state index contributed by atoms with van der Waals surface area (Å²) < 4.78 is 0. The van der Waals surface area contributed by atoms with Gasteiger partial charge >= 0.3 is 0 Å². The van der Waals surface area contributed by atoms with Crippen LogP contribution in [0, 0.1) is 0 Å². The van der Waals surface area contributed by atoms with Crippen LogP contribution in [0.5, 0.6) is 0 Å². The molecule has 0 spiro atoms. The van der Waals surface area contributed by atoms with Gasteiger partial charge in [0.25, 0.3) is 0 Å². The van der Waals surface area contributed by atoms with Crippen LogP contribution in [0.25, 0.3) is 0 Å². The summed E-state index contributed by atoms with van der Waals surface area (Å²) in [5, 5.41) is 0.717. The predicted molar refractivity (Wildman–Crippen MR) is 89.0 cm³/mol. The van der Waals surface area contributed by atoms with Gasteiger partial charge in [-0.1, -0.05) is 58.9 Å². The van der Waals surface area contributed by atoms with E-state index in [-0.39, 0.29) is 11.5 Å². The molecule has 0 amide bonds. The topological polar surface area (TPSA) is 26.0 Å². The third-order valence-electron chi connectivity index (χ3n) is 3.49. The van der Waals surface area contributed by atoms with Crippen molar-refractivity contribution in [2.24, 2.45) is 5.73 Å². The third kappa shape index (κ3) is 6.01. The van der Waals surface area contributed by atoms with E-state index in [1.54, 1.807) is 0 Å². The fourth-order valence-corrected chi connectivity index (χ4v) is 2.84. The molecule has 0 saturated heterocycles. The van der Waals surface area contributed by atoms with Crippen molar-refractivity contribution in [3.63, 3.8) is 0 Å². The standard InChI is InChI=1S/C17H29NS/c1-6-13(2)19-12-16(18)11-14-7-9-15(10-8-14)17(3,4)5/h7-10,13,16H,6,11-12,18H2,1-5H3. The fraction of sp³-hybridized carbons (Fsp3) is 0.647. The maximum atomic E-state index is 6.21. The SMILES string of the molecule is CCC(C)SCC(N)Cc1ccc(C(C)(C)C)cc1.